The fourth-order valence-corrected chi connectivity index (χ4v) is 3.02. The van der Waals surface area contributed by atoms with E-state index in [0.29, 0.717) is 17.0 Å². The van der Waals surface area contributed by atoms with Crippen LogP contribution in [0.2, 0.25) is 5.02 Å². The van der Waals surface area contributed by atoms with E-state index in [1.807, 2.05) is 0 Å². The molecule has 0 aliphatic rings. The highest BCUT2D eigenvalue weighted by Crippen LogP contribution is 2.22. The normalized spacial score (nSPS) is 10.9. The van der Waals surface area contributed by atoms with Gasteiger partial charge < -0.3 is 10.4 Å². The van der Waals surface area contributed by atoms with Crippen molar-refractivity contribution in [3.05, 3.63) is 69.0 Å². The molecule has 3 rings (SSSR count). The topological polar surface area (TPSA) is 84.2 Å². The number of aromatic nitrogens is 2. The predicted octanol–water partition coefficient (Wildman–Crippen LogP) is 3.30. The summed E-state index contributed by atoms with van der Waals surface area (Å²) in [7, 11) is 0. The molecule has 0 aliphatic heterocycles. The summed E-state index contributed by atoms with van der Waals surface area (Å²) in [6, 6.07) is 9.32. The van der Waals surface area contributed by atoms with Gasteiger partial charge in [-0.1, -0.05) is 23.7 Å². The number of carbonyl (C=O) groups is 1. The summed E-state index contributed by atoms with van der Waals surface area (Å²) in [6.45, 7) is 1.62. The van der Waals surface area contributed by atoms with Crippen LogP contribution in [0.5, 0.6) is 0 Å². The first kappa shape index (κ1) is 17.9. The molecule has 0 radical (unpaired) electrons. The number of hydrogen-bond acceptors (Lipinski definition) is 3. The summed E-state index contributed by atoms with van der Waals surface area (Å²) >= 11 is 6.17. The predicted molar refractivity (Wildman–Crippen MR) is 96.8 cm³/mol. The van der Waals surface area contributed by atoms with E-state index < -0.39 is 17.5 Å². The first-order valence-corrected chi connectivity index (χ1v) is 8.20. The molecule has 134 valence electrons. The Labute approximate surface area is 152 Å². The Morgan fingerprint density at radius 1 is 1.31 bits per heavy atom. The Kier molecular flexibility index (Phi) is 4.90. The molecule has 0 saturated heterocycles. The third-order valence-electron chi connectivity index (χ3n) is 4.02. The van der Waals surface area contributed by atoms with Crippen LogP contribution >= 0.6 is 11.6 Å². The maximum atomic E-state index is 14.0. The number of fused-ring (bicyclic) bond motifs is 1. The van der Waals surface area contributed by atoms with Gasteiger partial charge in [0.2, 0.25) is 0 Å². The van der Waals surface area contributed by atoms with Crippen LogP contribution in [-0.2, 0) is 6.42 Å². The molecule has 0 aliphatic carbocycles. The Morgan fingerprint density at radius 3 is 2.77 bits per heavy atom. The second-order valence-corrected chi connectivity index (χ2v) is 6.08. The summed E-state index contributed by atoms with van der Waals surface area (Å²) in [4.78, 5) is 28.3. The Bertz CT molecular complexity index is 1070. The SMILES string of the molecule is Cc1c(F)cccc1-n1c(CCNC(=O)O)nc2cccc(Cl)c2c1=O. The quantitative estimate of drug-likeness (QED) is 0.732. The first-order chi connectivity index (χ1) is 12.4. The van der Waals surface area contributed by atoms with Gasteiger partial charge in [-0.15, -0.1) is 0 Å². The van der Waals surface area contributed by atoms with Crippen LogP contribution < -0.4 is 10.9 Å². The van der Waals surface area contributed by atoms with E-state index in [4.69, 9.17) is 16.7 Å². The second-order valence-electron chi connectivity index (χ2n) is 5.67. The Hall–Kier alpha value is -2.93. The van der Waals surface area contributed by atoms with Gasteiger partial charge in [0, 0.05) is 18.5 Å². The lowest BCUT2D eigenvalue weighted by atomic mass is 10.1. The molecule has 0 unspecified atom stereocenters. The highest BCUT2D eigenvalue weighted by Gasteiger charge is 2.17. The number of rotatable bonds is 4. The smallest absolute Gasteiger partial charge is 0.404 e. The van der Waals surface area contributed by atoms with Gasteiger partial charge in [-0.05, 0) is 31.2 Å². The lowest BCUT2D eigenvalue weighted by Crippen LogP contribution is -2.29. The third-order valence-corrected chi connectivity index (χ3v) is 4.34. The van der Waals surface area contributed by atoms with Crippen LogP contribution in [0.3, 0.4) is 0 Å². The molecule has 0 saturated carbocycles. The molecule has 3 aromatic rings. The van der Waals surface area contributed by atoms with Gasteiger partial charge in [-0.2, -0.15) is 0 Å². The molecule has 1 aromatic heterocycles. The average molecular weight is 376 g/mol. The molecular formula is C18H15ClFN3O3. The van der Waals surface area contributed by atoms with Gasteiger partial charge in [-0.25, -0.2) is 14.2 Å². The van der Waals surface area contributed by atoms with Crippen molar-refractivity contribution in [1.82, 2.24) is 14.9 Å². The maximum Gasteiger partial charge on any atom is 0.404 e. The molecule has 1 heterocycles. The van der Waals surface area contributed by atoms with Crippen molar-refractivity contribution >= 4 is 28.6 Å². The van der Waals surface area contributed by atoms with Gasteiger partial charge in [0.1, 0.15) is 11.6 Å². The summed E-state index contributed by atoms with van der Waals surface area (Å²) < 4.78 is 15.3. The number of amides is 1. The van der Waals surface area contributed by atoms with Crippen LogP contribution in [-0.4, -0.2) is 27.3 Å². The van der Waals surface area contributed by atoms with Crippen molar-refractivity contribution in [1.29, 1.82) is 0 Å². The largest absolute Gasteiger partial charge is 0.465 e. The van der Waals surface area contributed by atoms with E-state index >= 15 is 0 Å². The zero-order chi connectivity index (χ0) is 18.8. The van der Waals surface area contributed by atoms with E-state index in [1.54, 1.807) is 31.2 Å². The molecule has 6 nitrogen and oxygen atoms in total. The Balaban J connectivity index is 2.28. The number of nitrogens with one attached hydrogen (secondary N) is 1. The molecule has 8 heteroatoms. The summed E-state index contributed by atoms with van der Waals surface area (Å²) in [5, 5.41) is 11.5. The van der Waals surface area contributed by atoms with Gasteiger partial charge in [-0.3, -0.25) is 9.36 Å². The highest BCUT2D eigenvalue weighted by atomic mass is 35.5. The summed E-state index contributed by atoms with van der Waals surface area (Å²) in [5.74, 6) is -0.143. The van der Waals surface area contributed by atoms with Crippen molar-refractivity contribution in [2.45, 2.75) is 13.3 Å². The fourth-order valence-electron chi connectivity index (χ4n) is 2.77. The third kappa shape index (κ3) is 3.25. The molecule has 0 bridgehead atoms. The van der Waals surface area contributed by atoms with Gasteiger partial charge in [0.25, 0.3) is 5.56 Å². The minimum absolute atomic E-state index is 0.0577. The van der Waals surface area contributed by atoms with Crippen LogP contribution in [0.25, 0.3) is 16.6 Å². The van der Waals surface area contributed by atoms with Crippen molar-refractivity contribution < 1.29 is 14.3 Å². The fraction of sp³-hybridized carbons (Fsp3) is 0.167. The van der Waals surface area contributed by atoms with E-state index in [2.05, 4.69) is 10.3 Å². The zero-order valence-electron chi connectivity index (χ0n) is 13.8. The van der Waals surface area contributed by atoms with Gasteiger partial charge >= 0.3 is 6.09 Å². The first-order valence-electron chi connectivity index (χ1n) is 7.82. The second kappa shape index (κ2) is 7.13. The van der Waals surface area contributed by atoms with Gasteiger partial charge in [0.05, 0.1) is 21.6 Å². The van der Waals surface area contributed by atoms with E-state index in [9.17, 15) is 14.0 Å². The molecule has 2 aromatic carbocycles. The molecular weight excluding hydrogens is 361 g/mol. The van der Waals surface area contributed by atoms with Crippen molar-refractivity contribution in [2.24, 2.45) is 0 Å². The number of halogens is 2. The number of nitrogens with zero attached hydrogens (tertiary/aromatic N) is 2. The number of carboxylic acid groups (broad SMARTS) is 1. The Morgan fingerprint density at radius 2 is 2.04 bits per heavy atom. The van der Waals surface area contributed by atoms with Crippen molar-refractivity contribution in [2.75, 3.05) is 6.54 Å². The monoisotopic (exact) mass is 375 g/mol. The molecule has 26 heavy (non-hydrogen) atoms. The summed E-state index contributed by atoms with van der Waals surface area (Å²) in [5.41, 5.74) is 0.600. The summed E-state index contributed by atoms with van der Waals surface area (Å²) in [6.07, 6.45) is -1.02. The van der Waals surface area contributed by atoms with Crippen LogP contribution in [0.1, 0.15) is 11.4 Å². The maximum absolute atomic E-state index is 14.0. The van der Waals surface area contributed by atoms with Crippen molar-refractivity contribution in [3.8, 4) is 5.69 Å². The number of hydrogen-bond donors (Lipinski definition) is 2. The highest BCUT2D eigenvalue weighted by molar-refractivity contribution is 6.35. The minimum Gasteiger partial charge on any atom is -0.465 e. The minimum atomic E-state index is -1.18. The van der Waals surface area contributed by atoms with Crippen LogP contribution in [0.15, 0.2) is 41.2 Å². The van der Waals surface area contributed by atoms with Crippen molar-refractivity contribution in [3.63, 3.8) is 0 Å². The lowest BCUT2D eigenvalue weighted by Gasteiger charge is -2.16. The number of benzene rings is 2. The van der Waals surface area contributed by atoms with E-state index in [-0.39, 0.29) is 28.9 Å². The zero-order valence-corrected chi connectivity index (χ0v) is 14.5. The molecule has 2 N–H and O–H groups in total. The molecule has 0 atom stereocenters. The standard InChI is InChI=1S/C18H15ClFN3O3/c1-10-12(20)5-3-7-14(10)23-15(8-9-21-18(25)26)22-13-6-2-4-11(19)16(13)17(23)24/h2-7,21H,8-9H2,1H3,(H,25,26). The molecule has 0 spiro atoms. The molecule has 1 amide bonds. The molecule has 0 fully saturated rings. The average Bonchev–Trinajstić information content (AvgIpc) is 2.58. The lowest BCUT2D eigenvalue weighted by molar-refractivity contribution is 0.194. The van der Waals surface area contributed by atoms with E-state index in [0.717, 1.165) is 0 Å². The van der Waals surface area contributed by atoms with Crippen LogP contribution in [0, 0.1) is 12.7 Å². The van der Waals surface area contributed by atoms with E-state index in [1.165, 1.54) is 16.7 Å². The van der Waals surface area contributed by atoms with Crippen LogP contribution in [0.4, 0.5) is 9.18 Å². The van der Waals surface area contributed by atoms with Gasteiger partial charge in [0.15, 0.2) is 0 Å².